The van der Waals surface area contributed by atoms with Crippen molar-refractivity contribution in [1.29, 1.82) is 0 Å². The Morgan fingerprint density at radius 2 is 2.08 bits per heavy atom. The second-order valence-electron chi connectivity index (χ2n) is 5.44. The highest BCUT2D eigenvalue weighted by Crippen LogP contribution is 2.20. The van der Waals surface area contributed by atoms with E-state index in [9.17, 15) is 4.79 Å². The van der Waals surface area contributed by atoms with E-state index in [4.69, 9.17) is 8.83 Å². The number of imidazole rings is 1. The van der Waals surface area contributed by atoms with Crippen LogP contribution in [-0.2, 0) is 11.3 Å². The number of furan rings is 2. The Balaban J connectivity index is 1.37. The fraction of sp³-hybridized carbons (Fsp3) is 0.111. The summed E-state index contributed by atoms with van der Waals surface area (Å²) in [5.41, 5.74) is 1.71. The third-order valence-corrected chi connectivity index (χ3v) is 3.77. The Morgan fingerprint density at radius 1 is 1.20 bits per heavy atom. The third kappa shape index (κ3) is 3.25. The van der Waals surface area contributed by atoms with E-state index in [1.165, 1.54) is 6.08 Å². The van der Waals surface area contributed by atoms with Gasteiger partial charge in [0.05, 0.1) is 12.5 Å². The van der Waals surface area contributed by atoms with Crippen molar-refractivity contribution in [1.82, 2.24) is 19.5 Å². The van der Waals surface area contributed by atoms with Gasteiger partial charge in [-0.25, -0.2) is 4.52 Å². The molecule has 1 amide bonds. The summed E-state index contributed by atoms with van der Waals surface area (Å²) in [7, 11) is 0. The standard InChI is InChI=1S/C18H16N4O3/c23-17(6-5-14-3-1-11-24-14)19-7-8-21-9-10-22-18(21)13-15(20-22)16-4-2-12-25-16/h1-6,9-13H,7-8H2,(H,19,23). The number of carbonyl (C=O) groups excluding carboxylic acids is 1. The number of hydrogen-bond donors (Lipinski definition) is 1. The fourth-order valence-corrected chi connectivity index (χ4v) is 2.56. The molecule has 0 spiro atoms. The van der Waals surface area contributed by atoms with Crippen molar-refractivity contribution in [3.63, 3.8) is 0 Å². The van der Waals surface area contributed by atoms with Crippen LogP contribution in [0, 0.1) is 0 Å². The summed E-state index contributed by atoms with van der Waals surface area (Å²) < 4.78 is 14.3. The van der Waals surface area contributed by atoms with Crippen molar-refractivity contribution < 1.29 is 13.6 Å². The normalized spacial score (nSPS) is 11.5. The van der Waals surface area contributed by atoms with Crippen molar-refractivity contribution >= 4 is 17.6 Å². The lowest BCUT2D eigenvalue weighted by molar-refractivity contribution is -0.116. The number of hydrogen-bond acceptors (Lipinski definition) is 4. The first-order valence-electron chi connectivity index (χ1n) is 7.87. The molecule has 0 radical (unpaired) electrons. The molecular weight excluding hydrogens is 320 g/mol. The van der Waals surface area contributed by atoms with Gasteiger partial charge in [0, 0.05) is 37.6 Å². The second kappa shape index (κ2) is 6.56. The molecule has 4 heterocycles. The number of aromatic nitrogens is 3. The molecule has 0 bridgehead atoms. The fourth-order valence-electron chi connectivity index (χ4n) is 2.56. The molecule has 0 saturated heterocycles. The van der Waals surface area contributed by atoms with E-state index in [1.54, 1.807) is 35.3 Å². The molecular formula is C18H16N4O3. The van der Waals surface area contributed by atoms with Crippen molar-refractivity contribution in [2.75, 3.05) is 6.54 Å². The molecule has 0 aliphatic rings. The smallest absolute Gasteiger partial charge is 0.244 e. The molecule has 7 heteroatoms. The first-order valence-corrected chi connectivity index (χ1v) is 7.87. The Kier molecular flexibility index (Phi) is 3.96. The molecule has 25 heavy (non-hydrogen) atoms. The SMILES string of the molecule is O=C(C=Cc1ccco1)NCCn1ccn2nc(-c3ccco3)cc12. The van der Waals surface area contributed by atoms with Crippen LogP contribution >= 0.6 is 0 Å². The minimum atomic E-state index is -0.163. The lowest BCUT2D eigenvalue weighted by Crippen LogP contribution is -2.25. The van der Waals surface area contributed by atoms with Crippen molar-refractivity contribution in [2.24, 2.45) is 0 Å². The zero-order valence-corrected chi connectivity index (χ0v) is 13.3. The first-order chi connectivity index (χ1) is 12.3. The number of amides is 1. The highest BCUT2D eigenvalue weighted by atomic mass is 16.3. The van der Waals surface area contributed by atoms with Gasteiger partial charge in [-0.3, -0.25) is 4.79 Å². The number of rotatable bonds is 6. The van der Waals surface area contributed by atoms with Crippen LogP contribution in [0.5, 0.6) is 0 Å². The van der Waals surface area contributed by atoms with Crippen LogP contribution in [0.3, 0.4) is 0 Å². The van der Waals surface area contributed by atoms with Crippen LogP contribution < -0.4 is 5.32 Å². The maximum atomic E-state index is 11.8. The topological polar surface area (TPSA) is 77.6 Å². The number of nitrogens with one attached hydrogen (secondary N) is 1. The summed E-state index contributed by atoms with van der Waals surface area (Å²) >= 11 is 0. The van der Waals surface area contributed by atoms with Crippen molar-refractivity contribution in [2.45, 2.75) is 6.54 Å². The van der Waals surface area contributed by atoms with Crippen LogP contribution in [0.4, 0.5) is 0 Å². The largest absolute Gasteiger partial charge is 0.465 e. The highest BCUT2D eigenvalue weighted by molar-refractivity contribution is 5.91. The molecule has 0 atom stereocenters. The number of carbonyl (C=O) groups is 1. The molecule has 0 unspecified atom stereocenters. The highest BCUT2D eigenvalue weighted by Gasteiger charge is 2.10. The van der Waals surface area contributed by atoms with E-state index in [2.05, 4.69) is 10.4 Å². The Bertz CT molecular complexity index is 991. The zero-order valence-electron chi connectivity index (χ0n) is 13.3. The molecule has 4 aromatic rings. The maximum absolute atomic E-state index is 11.8. The Hall–Kier alpha value is -3.48. The summed E-state index contributed by atoms with van der Waals surface area (Å²) in [4.78, 5) is 11.8. The van der Waals surface area contributed by atoms with Crippen LogP contribution in [0.2, 0.25) is 0 Å². The Morgan fingerprint density at radius 3 is 2.88 bits per heavy atom. The molecule has 0 aliphatic heterocycles. The third-order valence-electron chi connectivity index (χ3n) is 3.77. The summed E-state index contributed by atoms with van der Waals surface area (Å²) in [6.45, 7) is 1.15. The van der Waals surface area contributed by atoms with Gasteiger partial charge in [0.25, 0.3) is 0 Å². The minimum absolute atomic E-state index is 0.163. The lowest BCUT2D eigenvalue weighted by atomic mass is 10.3. The van der Waals surface area contributed by atoms with Crippen molar-refractivity contribution in [3.8, 4) is 11.5 Å². The average Bonchev–Trinajstić information content (AvgIpc) is 3.37. The van der Waals surface area contributed by atoms with Crippen LogP contribution in [0.25, 0.3) is 23.2 Å². The van der Waals surface area contributed by atoms with Gasteiger partial charge in [-0.05, 0) is 30.3 Å². The molecule has 0 aromatic carbocycles. The molecule has 1 N–H and O–H groups in total. The molecule has 4 rings (SSSR count). The van der Waals surface area contributed by atoms with E-state index in [0.717, 1.165) is 17.1 Å². The van der Waals surface area contributed by atoms with E-state index in [0.29, 0.717) is 18.8 Å². The van der Waals surface area contributed by atoms with E-state index < -0.39 is 0 Å². The zero-order chi connectivity index (χ0) is 17.1. The van der Waals surface area contributed by atoms with Crippen molar-refractivity contribution in [3.05, 3.63) is 67.1 Å². The molecule has 0 aliphatic carbocycles. The quantitative estimate of drug-likeness (QED) is 0.549. The molecule has 7 nitrogen and oxygen atoms in total. The number of nitrogens with zero attached hydrogens (tertiary/aromatic N) is 3. The van der Waals surface area contributed by atoms with E-state index in [-0.39, 0.29) is 5.91 Å². The van der Waals surface area contributed by atoms with E-state index in [1.807, 2.05) is 35.2 Å². The maximum Gasteiger partial charge on any atom is 0.244 e. The predicted molar refractivity (Wildman–Crippen MR) is 91.6 cm³/mol. The van der Waals surface area contributed by atoms with Gasteiger partial charge in [0.2, 0.25) is 5.91 Å². The summed E-state index contributed by atoms with van der Waals surface area (Å²) in [5, 5.41) is 7.32. The summed E-state index contributed by atoms with van der Waals surface area (Å²) in [6.07, 6.45) is 10.1. The lowest BCUT2D eigenvalue weighted by Gasteiger charge is -2.04. The van der Waals surface area contributed by atoms with Gasteiger partial charge in [-0.15, -0.1) is 0 Å². The first kappa shape index (κ1) is 15.1. The Labute approximate surface area is 143 Å². The van der Waals surface area contributed by atoms with Crippen LogP contribution in [0.15, 0.2) is 70.2 Å². The second-order valence-corrected chi connectivity index (χ2v) is 5.44. The van der Waals surface area contributed by atoms with Gasteiger partial charge >= 0.3 is 0 Å². The summed E-state index contributed by atoms with van der Waals surface area (Å²) in [6, 6.07) is 9.22. The molecule has 0 saturated carbocycles. The predicted octanol–water partition coefficient (Wildman–Crippen LogP) is 2.82. The minimum Gasteiger partial charge on any atom is -0.465 e. The summed E-state index contributed by atoms with van der Waals surface area (Å²) in [5.74, 6) is 1.21. The number of fused-ring (bicyclic) bond motifs is 1. The van der Waals surface area contributed by atoms with Crippen LogP contribution in [-0.4, -0.2) is 26.6 Å². The van der Waals surface area contributed by atoms with Gasteiger partial charge in [-0.1, -0.05) is 0 Å². The monoisotopic (exact) mass is 336 g/mol. The van der Waals surface area contributed by atoms with Gasteiger partial charge in [-0.2, -0.15) is 5.10 Å². The molecule has 4 aromatic heterocycles. The average molecular weight is 336 g/mol. The van der Waals surface area contributed by atoms with Gasteiger partial charge in [0.15, 0.2) is 5.76 Å². The van der Waals surface area contributed by atoms with Gasteiger partial charge < -0.3 is 18.7 Å². The molecule has 126 valence electrons. The van der Waals surface area contributed by atoms with Gasteiger partial charge in [0.1, 0.15) is 17.1 Å². The van der Waals surface area contributed by atoms with Crippen LogP contribution in [0.1, 0.15) is 5.76 Å². The molecule has 0 fully saturated rings. The van der Waals surface area contributed by atoms with E-state index >= 15 is 0 Å².